The Morgan fingerprint density at radius 3 is 2.33 bits per heavy atom. The van der Waals surface area contributed by atoms with Crippen molar-refractivity contribution in [2.75, 3.05) is 0 Å². The highest BCUT2D eigenvalue weighted by molar-refractivity contribution is 5.77. The first-order chi connectivity index (χ1) is 4.16. The third kappa shape index (κ3) is 5.28. The predicted octanol–water partition coefficient (Wildman–Crippen LogP) is 2.32. The third-order valence-electron chi connectivity index (χ3n) is 1.30. The summed E-state index contributed by atoms with van der Waals surface area (Å²) in [5.74, 6) is 0.239. The zero-order valence-corrected chi connectivity index (χ0v) is 6.40. The van der Waals surface area contributed by atoms with E-state index in [1.54, 1.807) is 6.92 Å². The van der Waals surface area contributed by atoms with Crippen LogP contribution < -0.4 is 0 Å². The van der Waals surface area contributed by atoms with Crippen molar-refractivity contribution in [3.8, 4) is 0 Å². The minimum absolute atomic E-state index is 0.239. The lowest BCUT2D eigenvalue weighted by molar-refractivity contribution is -0.116. The number of carbonyl (C=O) groups is 1. The van der Waals surface area contributed by atoms with E-state index in [2.05, 4.69) is 6.92 Å². The van der Waals surface area contributed by atoms with Crippen LogP contribution in [0.25, 0.3) is 0 Å². The summed E-state index contributed by atoms with van der Waals surface area (Å²) in [6.45, 7) is 5.74. The number of ketones is 1. The number of rotatable bonds is 3. The molecule has 52 valence electrons. The smallest absolute Gasteiger partial charge is 0.133 e. The third-order valence-corrected chi connectivity index (χ3v) is 1.30. The summed E-state index contributed by atoms with van der Waals surface area (Å²) in [4.78, 5) is 10.4. The maximum Gasteiger partial charge on any atom is 0.133 e. The SMILES string of the molecule is CC/C(C)=C\CC(C)=O. The van der Waals surface area contributed by atoms with E-state index in [1.807, 2.05) is 13.0 Å². The molecule has 1 nitrogen and oxygen atoms in total. The largest absolute Gasteiger partial charge is 0.300 e. The number of hydrogen-bond donors (Lipinski definition) is 0. The molecule has 0 unspecified atom stereocenters. The highest BCUT2D eigenvalue weighted by Gasteiger charge is 1.87. The Labute approximate surface area is 56.8 Å². The van der Waals surface area contributed by atoms with Gasteiger partial charge in [-0.25, -0.2) is 0 Å². The fourth-order valence-electron chi connectivity index (χ4n) is 0.462. The van der Waals surface area contributed by atoms with Gasteiger partial charge in [0.05, 0.1) is 0 Å². The Bertz CT molecular complexity index is 123. The van der Waals surface area contributed by atoms with E-state index in [0.717, 1.165) is 6.42 Å². The van der Waals surface area contributed by atoms with Gasteiger partial charge in [-0.15, -0.1) is 0 Å². The summed E-state index contributed by atoms with van der Waals surface area (Å²) in [6.07, 6.45) is 3.63. The molecule has 0 amide bonds. The average molecular weight is 126 g/mol. The summed E-state index contributed by atoms with van der Waals surface area (Å²) in [6, 6.07) is 0. The quantitative estimate of drug-likeness (QED) is 0.530. The van der Waals surface area contributed by atoms with Gasteiger partial charge < -0.3 is 0 Å². The van der Waals surface area contributed by atoms with Gasteiger partial charge in [-0.1, -0.05) is 18.6 Å². The van der Waals surface area contributed by atoms with E-state index in [1.165, 1.54) is 5.57 Å². The van der Waals surface area contributed by atoms with Gasteiger partial charge in [-0.2, -0.15) is 0 Å². The fourth-order valence-corrected chi connectivity index (χ4v) is 0.462. The predicted molar refractivity (Wildman–Crippen MR) is 39.3 cm³/mol. The Morgan fingerprint density at radius 1 is 1.44 bits per heavy atom. The van der Waals surface area contributed by atoms with Crippen molar-refractivity contribution < 1.29 is 4.79 Å². The van der Waals surface area contributed by atoms with Crippen molar-refractivity contribution in [3.05, 3.63) is 11.6 Å². The minimum atomic E-state index is 0.239. The van der Waals surface area contributed by atoms with Crippen LogP contribution in [0.1, 0.15) is 33.6 Å². The number of allylic oxidation sites excluding steroid dienone is 2. The molecule has 1 heteroatoms. The molecule has 0 rings (SSSR count). The van der Waals surface area contributed by atoms with E-state index in [0.29, 0.717) is 6.42 Å². The van der Waals surface area contributed by atoms with Crippen LogP contribution in [0.5, 0.6) is 0 Å². The molecule has 0 spiro atoms. The molecule has 0 aliphatic rings. The van der Waals surface area contributed by atoms with Crippen LogP contribution in [-0.2, 0) is 4.79 Å². The van der Waals surface area contributed by atoms with E-state index < -0.39 is 0 Å². The molecule has 0 radical (unpaired) electrons. The lowest BCUT2D eigenvalue weighted by Crippen LogP contribution is -1.85. The normalized spacial score (nSPS) is 11.7. The van der Waals surface area contributed by atoms with Crippen molar-refractivity contribution >= 4 is 5.78 Å². The first-order valence-electron chi connectivity index (χ1n) is 3.32. The van der Waals surface area contributed by atoms with Crippen molar-refractivity contribution in [3.63, 3.8) is 0 Å². The molecule has 0 aromatic rings. The first kappa shape index (κ1) is 8.41. The monoisotopic (exact) mass is 126 g/mol. The van der Waals surface area contributed by atoms with Crippen LogP contribution in [0.4, 0.5) is 0 Å². The lowest BCUT2D eigenvalue weighted by atomic mass is 10.2. The average Bonchev–Trinajstić information content (AvgIpc) is 1.83. The standard InChI is InChI=1S/C8H14O/c1-4-7(2)5-6-8(3)9/h5H,4,6H2,1-3H3/b7-5-. The van der Waals surface area contributed by atoms with Gasteiger partial charge in [0.2, 0.25) is 0 Å². The first-order valence-corrected chi connectivity index (χ1v) is 3.32. The van der Waals surface area contributed by atoms with Crippen LogP contribution in [0.2, 0.25) is 0 Å². The van der Waals surface area contributed by atoms with Crippen LogP contribution in [-0.4, -0.2) is 5.78 Å². The highest BCUT2D eigenvalue weighted by Crippen LogP contribution is 1.99. The molecule has 0 aromatic heterocycles. The molecule has 0 aromatic carbocycles. The second kappa shape index (κ2) is 4.30. The van der Waals surface area contributed by atoms with Gasteiger partial charge in [0.15, 0.2) is 0 Å². The molecule has 0 aliphatic carbocycles. The number of carbonyl (C=O) groups excluding carboxylic acids is 1. The van der Waals surface area contributed by atoms with E-state index in [-0.39, 0.29) is 5.78 Å². The van der Waals surface area contributed by atoms with Gasteiger partial charge in [0.1, 0.15) is 5.78 Å². The molecule has 0 saturated heterocycles. The van der Waals surface area contributed by atoms with Gasteiger partial charge in [0, 0.05) is 6.42 Å². The molecular formula is C8H14O. The Kier molecular flexibility index (Phi) is 4.02. The molecule has 0 bridgehead atoms. The van der Waals surface area contributed by atoms with Crippen molar-refractivity contribution in [1.29, 1.82) is 0 Å². The summed E-state index contributed by atoms with van der Waals surface area (Å²) in [7, 11) is 0. The summed E-state index contributed by atoms with van der Waals surface area (Å²) < 4.78 is 0. The van der Waals surface area contributed by atoms with Gasteiger partial charge in [-0.3, -0.25) is 4.79 Å². The fraction of sp³-hybridized carbons (Fsp3) is 0.625. The Morgan fingerprint density at radius 2 is 2.00 bits per heavy atom. The second-order valence-electron chi connectivity index (χ2n) is 2.31. The molecule has 0 N–H and O–H groups in total. The molecule has 0 saturated carbocycles. The minimum Gasteiger partial charge on any atom is -0.300 e. The molecular weight excluding hydrogens is 112 g/mol. The number of hydrogen-bond acceptors (Lipinski definition) is 1. The molecule has 0 atom stereocenters. The summed E-state index contributed by atoms with van der Waals surface area (Å²) in [5, 5.41) is 0. The molecule has 0 heterocycles. The van der Waals surface area contributed by atoms with Crippen molar-refractivity contribution in [2.24, 2.45) is 0 Å². The lowest BCUT2D eigenvalue weighted by Gasteiger charge is -1.91. The maximum absolute atomic E-state index is 10.4. The summed E-state index contributed by atoms with van der Waals surface area (Å²) in [5.41, 5.74) is 1.30. The molecule has 9 heavy (non-hydrogen) atoms. The van der Waals surface area contributed by atoms with Gasteiger partial charge >= 0.3 is 0 Å². The van der Waals surface area contributed by atoms with Crippen LogP contribution >= 0.6 is 0 Å². The number of Topliss-reactive ketones (excluding diaryl/α,β-unsaturated/α-hetero) is 1. The van der Waals surface area contributed by atoms with E-state index in [4.69, 9.17) is 0 Å². The van der Waals surface area contributed by atoms with Crippen molar-refractivity contribution in [1.82, 2.24) is 0 Å². The maximum atomic E-state index is 10.4. The molecule has 0 fully saturated rings. The van der Waals surface area contributed by atoms with Crippen LogP contribution in [0, 0.1) is 0 Å². The van der Waals surface area contributed by atoms with Crippen LogP contribution in [0.15, 0.2) is 11.6 Å². The summed E-state index contributed by atoms with van der Waals surface area (Å²) >= 11 is 0. The van der Waals surface area contributed by atoms with Gasteiger partial charge in [0.25, 0.3) is 0 Å². The highest BCUT2D eigenvalue weighted by atomic mass is 16.1. The van der Waals surface area contributed by atoms with E-state index in [9.17, 15) is 4.79 Å². The zero-order valence-electron chi connectivity index (χ0n) is 6.40. The Balaban J connectivity index is 3.56. The van der Waals surface area contributed by atoms with E-state index >= 15 is 0 Å². The van der Waals surface area contributed by atoms with Gasteiger partial charge in [-0.05, 0) is 20.3 Å². The second-order valence-corrected chi connectivity index (χ2v) is 2.31. The zero-order chi connectivity index (χ0) is 7.28. The Hall–Kier alpha value is -0.590. The topological polar surface area (TPSA) is 17.1 Å². The molecule has 0 aliphatic heterocycles. The van der Waals surface area contributed by atoms with Crippen molar-refractivity contribution in [2.45, 2.75) is 33.6 Å². The van der Waals surface area contributed by atoms with Crippen LogP contribution in [0.3, 0.4) is 0 Å².